The van der Waals surface area contributed by atoms with Crippen LogP contribution in [0.2, 0.25) is 0 Å². The molecule has 0 amide bonds. The highest BCUT2D eigenvalue weighted by atomic mass is 16.4. The number of benzene rings is 1. The van der Waals surface area contributed by atoms with E-state index in [-0.39, 0.29) is 6.54 Å². The molecular weight excluding hydrogens is 366 g/mol. The van der Waals surface area contributed by atoms with Crippen molar-refractivity contribution in [3.05, 3.63) is 60.1 Å². The van der Waals surface area contributed by atoms with E-state index in [1.165, 1.54) is 0 Å². The number of rotatable bonds is 8. The number of guanidine groups is 1. The minimum absolute atomic E-state index is 0.189. The van der Waals surface area contributed by atoms with Gasteiger partial charge in [0, 0.05) is 25.0 Å². The van der Waals surface area contributed by atoms with Crippen molar-refractivity contribution in [2.24, 2.45) is 4.99 Å². The molecule has 0 saturated heterocycles. The number of nitrogens with one attached hydrogen (secondary N) is 3. The van der Waals surface area contributed by atoms with Crippen LogP contribution in [0.3, 0.4) is 0 Å². The molecule has 154 valence electrons. The number of fused-ring (bicyclic) bond motifs is 1. The average molecular weight is 396 g/mol. The van der Waals surface area contributed by atoms with Crippen molar-refractivity contribution in [1.82, 2.24) is 15.6 Å². The van der Waals surface area contributed by atoms with Crippen molar-refractivity contribution in [3.8, 4) is 0 Å². The van der Waals surface area contributed by atoms with Crippen molar-refractivity contribution in [1.29, 1.82) is 0 Å². The van der Waals surface area contributed by atoms with Gasteiger partial charge in [-0.05, 0) is 51.1 Å². The third-order valence-corrected chi connectivity index (χ3v) is 4.48. The van der Waals surface area contributed by atoms with Crippen LogP contribution in [0.5, 0.6) is 0 Å². The van der Waals surface area contributed by atoms with E-state index in [1.807, 2.05) is 50.2 Å². The van der Waals surface area contributed by atoms with Gasteiger partial charge in [-0.2, -0.15) is 0 Å². The lowest BCUT2D eigenvalue weighted by Gasteiger charge is -2.19. The molecule has 0 aliphatic heterocycles. The van der Waals surface area contributed by atoms with Crippen molar-refractivity contribution < 1.29 is 9.52 Å². The fourth-order valence-electron chi connectivity index (χ4n) is 2.91. The van der Waals surface area contributed by atoms with Crippen LogP contribution in [-0.2, 0) is 5.60 Å². The van der Waals surface area contributed by atoms with Gasteiger partial charge in [0.25, 0.3) is 0 Å². The summed E-state index contributed by atoms with van der Waals surface area (Å²) >= 11 is 0. The molecule has 0 aliphatic rings. The molecule has 1 atom stereocenters. The first kappa shape index (κ1) is 20.7. The number of anilines is 1. The Morgan fingerprint density at radius 1 is 1.10 bits per heavy atom. The number of hydrogen-bond acceptors (Lipinski definition) is 5. The first-order chi connectivity index (χ1) is 14.0. The molecule has 7 nitrogen and oxygen atoms in total. The van der Waals surface area contributed by atoms with Gasteiger partial charge >= 0.3 is 0 Å². The van der Waals surface area contributed by atoms with Crippen LogP contribution in [-0.4, -0.2) is 42.2 Å². The maximum absolute atomic E-state index is 10.6. The Kier molecular flexibility index (Phi) is 6.72. The number of aliphatic imine (C=N–C) groups is 1. The van der Waals surface area contributed by atoms with Crippen LogP contribution in [0.1, 0.15) is 25.4 Å². The molecule has 0 aliphatic carbocycles. The van der Waals surface area contributed by atoms with E-state index in [0.29, 0.717) is 24.8 Å². The molecular formula is C22H29N5O2. The van der Waals surface area contributed by atoms with Gasteiger partial charge in [0.1, 0.15) is 22.9 Å². The molecule has 0 radical (unpaired) electrons. The molecule has 29 heavy (non-hydrogen) atoms. The molecule has 2 heterocycles. The molecule has 4 N–H and O–H groups in total. The topological polar surface area (TPSA) is 94.7 Å². The normalized spacial score (nSPS) is 13.9. The van der Waals surface area contributed by atoms with E-state index < -0.39 is 5.60 Å². The van der Waals surface area contributed by atoms with Gasteiger partial charge in [0.15, 0.2) is 5.96 Å². The maximum Gasteiger partial charge on any atom is 0.191 e. The lowest BCUT2D eigenvalue weighted by molar-refractivity contribution is 0.0428. The minimum Gasteiger partial charge on any atom is -0.463 e. The van der Waals surface area contributed by atoms with Gasteiger partial charge < -0.3 is 25.5 Å². The number of aliphatic hydroxyl groups is 1. The zero-order valence-corrected chi connectivity index (χ0v) is 17.2. The Balaban J connectivity index is 1.52. The Morgan fingerprint density at radius 3 is 2.69 bits per heavy atom. The van der Waals surface area contributed by atoms with Gasteiger partial charge in [0.2, 0.25) is 0 Å². The first-order valence-corrected chi connectivity index (χ1v) is 9.89. The monoisotopic (exact) mass is 395 g/mol. The molecule has 3 aromatic rings. The molecule has 0 spiro atoms. The molecule has 1 unspecified atom stereocenters. The second-order valence-corrected chi connectivity index (χ2v) is 7.12. The summed E-state index contributed by atoms with van der Waals surface area (Å²) in [5.74, 6) is 2.76. The third-order valence-electron chi connectivity index (χ3n) is 4.48. The number of nitrogens with zero attached hydrogens (tertiary/aromatic N) is 2. The van der Waals surface area contributed by atoms with Crippen molar-refractivity contribution >= 4 is 22.7 Å². The second-order valence-electron chi connectivity index (χ2n) is 7.12. The quantitative estimate of drug-likeness (QED) is 0.266. The lowest BCUT2D eigenvalue weighted by atomic mass is 10.0. The van der Waals surface area contributed by atoms with Crippen LogP contribution in [0.15, 0.2) is 57.9 Å². The summed E-state index contributed by atoms with van der Waals surface area (Å²) in [7, 11) is 0. The number of hydrogen-bond donors (Lipinski definition) is 4. The zero-order chi connectivity index (χ0) is 20.7. The van der Waals surface area contributed by atoms with Gasteiger partial charge in [-0.3, -0.25) is 0 Å². The van der Waals surface area contributed by atoms with E-state index >= 15 is 0 Å². The van der Waals surface area contributed by atoms with Crippen LogP contribution >= 0.6 is 0 Å². The van der Waals surface area contributed by atoms with Crippen molar-refractivity contribution in [3.63, 3.8) is 0 Å². The molecule has 3 rings (SSSR count). The van der Waals surface area contributed by atoms with Crippen molar-refractivity contribution in [2.45, 2.75) is 26.4 Å². The first-order valence-electron chi connectivity index (χ1n) is 9.89. The van der Waals surface area contributed by atoms with Crippen molar-refractivity contribution in [2.75, 3.05) is 31.5 Å². The zero-order valence-electron chi connectivity index (χ0n) is 17.2. The summed E-state index contributed by atoms with van der Waals surface area (Å²) in [5, 5.41) is 21.5. The molecule has 2 aromatic heterocycles. The standard InChI is InChI=1S/C22H29N5O2/c1-4-23-21(26-15-22(3,28)19-11-9-16(2)29-19)25-14-13-24-20-12-10-17-7-5-6-8-18(17)27-20/h5-12,28H,4,13-15H2,1-3H3,(H,24,27)(H2,23,25,26). The molecule has 0 bridgehead atoms. The van der Waals surface area contributed by atoms with E-state index in [4.69, 9.17) is 4.42 Å². The summed E-state index contributed by atoms with van der Waals surface area (Å²) in [5.41, 5.74) is -0.195. The Morgan fingerprint density at radius 2 is 1.93 bits per heavy atom. The van der Waals surface area contributed by atoms with Crippen LogP contribution in [0.4, 0.5) is 5.82 Å². The van der Waals surface area contributed by atoms with Crippen LogP contribution in [0, 0.1) is 6.92 Å². The predicted octanol–water partition coefficient (Wildman–Crippen LogP) is 3.01. The highest BCUT2D eigenvalue weighted by Gasteiger charge is 2.26. The molecule has 7 heteroatoms. The molecule has 0 saturated carbocycles. The summed E-state index contributed by atoms with van der Waals surface area (Å²) in [6, 6.07) is 15.7. The second kappa shape index (κ2) is 9.43. The SMILES string of the molecule is CCNC(=NCC(C)(O)c1ccc(C)o1)NCCNc1ccc2ccccc2n1. The Hall–Kier alpha value is -3.06. The van der Waals surface area contributed by atoms with E-state index in [9.17, 15) is 5.11 Å². The largest absolute Gasteiger partial charge is 0.463 e. The summed E-state index contributed by atoms with van der Waals surface area (Å²) < 4.78 is 5.54. The fourth-order valence-corrected chi connectivity index (χ4v) is 2.91. The number of aromatic nitrogens is 1. The van der Waals surface area contributed by atoms with Crippen LogP contribution < -0.4 is 16.0 Å². The lowest BCUT2D eigenvalue weighted by Crippen LogP contribution is -2.40. The number of aryl methyl sites for hydroxylation is 1. The smallest absolute Gasteiger partial charge is 0.191 e. The van der Waals surface area contributed by atoms with Crippen LogP contribution in [0.25, 0.3) is 10.9 Å². The minimum atomic E-state index is -1.16. The Bertz CT molecular complexity index is 965. The Labute approximate surface area is 171 Å². The van der Waals surface area contributed by atoms with E-state index in [0.717, 1.165) is 29.0 Å². The van der Waals surface area contributed by atoms with Gasteiger partial charge in [0.05, 0.1) is 12.1 Å². The summed E-state index contributed by atoms with van der Waals surface area (Å²) in [6.07, 6.45) is 0. The molecule has 0 fully saturated rings. The van der Waals surface area contributed by atoms with Gasteiger partial charge in [-0.1, -0.05) is 18.2 Å². The summed E-state index contributed by atoms with van der Waals surface area (Å²) in [4.78, 5) is 9.10. The summed E-state index contributed by atoms with van der Waals surface area (Å²) in [6.45, 7) is 7.81. The van der Waals surface area contributed by atoms with E-state index in [1.54, 1.807) is 13.0 Å². The average Bonchev–Trinajstić information content (AvgIpc) is 3.16. The molecule has 1 aromatic carbocycles. The highest BCUT2D eigenvalue weighted by Crippen LogP contribution is 2.23. The van der Waals surface area contributed by atoms with Gasteiger partial charge in [-0.15, -0.1) is 0 Å². The van der Waals surface area contributed by atoms with Gasteiger partial charge in [-0.25, -0.2) is 9.98 Å². The fraction of sp³-hybridized carbons (Fsp3) is 0.364. The number of pyridine rings is 1. The number of furan rings is 1. The highest BCUT2D eigenvalue weighted by molar-refractivity contribution is 5.80. The van der Waals surface area contributed by atoms with E-state index in [2.05, 4.69) is 32.0 Å². The maximum atomic E-state index is 10.6. The number of para-hydroxylation sites is 1. The predicted molar refractivity (Wildman–Crippen MR) is 117 cm³/mol. The third kappa shape index (κ3) is 5.71.